The maximum Gasteiger partial charge on any atom is 0.257 e. The van der Waals surface area contributed by atoms with E-state index < -0.39 is 0 Å². The van der Waals surface area contributed by atoms with E-state index in [0.29, 0.717) is 12.0 Å². The van der Waals surface area contributed by atoms with Crippen LogP contribution in [0.1, 0.15) is 40.7 Å². The monoisotopic (exact) mass is 332 g/mol. The maximum absolute atomic E-state index is 12.5. The number of aryl methyl sites for hydroxylation is 3. The minimum atomic E-state index is -0.126. The van der Waals surface area contributed by atoms with Crippen molar-refractivity contribution in [2.75, 3.05) is 17.2 Å². The molecule has 2 heterocycles. The summed E-state index contributed by atoms with van der Waals surface area (Å²) >= 11 is 0. The van der Waals surface area contributed by atoms with E-state index >= 15 is 0 Å². The molecule has 1 aromatic carbocycles. The van der Waals surface area contributed by atoms with Crippen LogP contribution in [0.2, 0.25) is 0 Å². The highest BCUT2D eigenvalue weighted by Crippen LogP contribution is 2.25. The smallest absolute Gasteiger partial charge is 0.257 e. The zero-order valence-electron chi connectivity index (χ0n) is 13.3. The molecule has 0 fully saturated rings. The van der Waals surface area contributed by atoms with Crippen LogP contribution in [-0.2, 0) is 12.8 Å². The van der Waals surface area contributed by atoms with Gasteiger partial charge >= 0.3 is 0 Å². The van der Waals surface area contributed by atoms with Gasteiger partial charge in [0.2, 0.25) is 0 Å². The second-order valence-electron chi connectivity index (χ2n) is 5.56. The number of benzene rings is 1. The molecule has 1 aliphatic rings. The SMILES string of the molecule is CCc1nnc(C)cc1C(=O)Nc1ccc2c(c1)CCCN2.Cl. The first-order valence-electron chi connectivity index (χ1n) is 7.68. The largest absolute Gasteiger partial charge is 0.385 e. The molecule has 0 spiro atoms. The first-order valence-corrected chi connectivity index (χ1v) is 7.68. The van der Waals surface area contributed by atoms with Gasteiger partial charge in [-0.2, -0.15) is 10.2 Å². The highest BCUT2D eigenvalue weighted by molar-refractivity contribution is 6.05. The lowest BCUT2D eigenvalue weighted by atomic mass is 10.0. The zero-order valence-corrected chi connectivity index (χ0v) is 14.2. The second kappa shape index (κ2) is 7.42. The van der Waals surface area contributed by atoms with Gasteiger partial charge in [0.15, 0.2) is 0 Å². The number of carbonyl (C=O) groups is 1. The summed E-state index contributed by atoms with van der Waals surface area (Å²) in [6, 6.07) is 7.80. The van der Waals surface area contributed by atoms with Crippen molar-refractivity contribution in [3.8, 4) is 0 Å². The fourth-order valence-electron chi connectivity index (χ4n) is 2.72. The van der Waals surface area contributed by atoms with Crippen molar-refractivity contribution >= 4 is 29.7 Å². The summed E-state index contributed by atoms with van der Waals surface area (Å²) in [6.07, 6.45) is 2.85. The van der Waals surface area contributed by atoms with Crippen LogP contribution >= 0.6 is 12.4 Å². The highest BCUT2D eigenvalue weighted by atomic mass is 35.5. The fraction of sp³-hybridized carbons (Fsp3) is 0.353. The minimum Gasteiger partial charge on any atom is -0.385 e. The number of nitrogens with one attached hydrogen (secondary N) is 2. The van der Waals surface area contributed by atoms with Crippen LogP contribution in [0, 0.1) is 6.92 Å². The third kappa shape index (κ3) is 3.79. The average molecular weight is 333 g/mol. The Morgan fingerprint density at radius 2 is 2.13 bits per heavy atom. The predicted octanol–water partition coefficient (Wildman–Crippen LogP) is 3.38. The molecule has 3 rings (SSSR count). The van der Waals surface area contributed by atoms with Crippen molar-refractivity contribution in [1.82, 2.24) is 10.2 Å². The van der Waals surface area contributed by atoms with Gasteiger partial charge < -0.3 is 10.6 Å². The quantitative estimate of drug-likeness (QED) is 0.904. The topological polar surface area (TPSA) is 66.9 Å². The van der Waals surface area contributed by atoms with Crippen molar-refractivity contribution in [2.45, 2.75) is 33.1 Å². The molecule has 1 aliphatic heterocycles. The molecule has 1 amide bonds. The fourth-order valence-corrected chi connectivity index (χ4v) is 2.72. The summed E-state index contributed by atoms with van der Waals surface area (Å²) in [5.41, 5.74) is 5.32. The highest BCUT2D eigenvalue weighted by Gasteiger charge is 2.14. The molecule has 6 heteroatoms. The van der Waals surface area contributed by atoms with E-state index in [0.717, 1.165) is 36.5 Å². The average Bonchev–Trinajstić information content (AvgIpc) is 2.54. The lowest BCUT2D eigenvalue weighted by molar-refractivity contribution is 0.102. The Bertz CT molecular complexity index is 718. The van der Waals surface area contributed by atoms with Gasteiger partial charge in [0, 0.05) is 17.9 Å². The number of aromatic nitrogens is 2. The van der Waals surface area contributed by atoms with Gasteiger partial charge in [0.25, 0.3) is 5.91 Å². The molecule has 0 saturated carbocycles. The number of fused-ring (bicyclic) bond motifs is 1. The lowest BCUT2D eigenvalue weighted by Crippen LogP contribution is -2.17. The Morgan fingerprint density at radius 3 is 2.91 bits per heavy atom. The second-order valence-corrected chi connectivity index (χ2v) is 5.56. The number of rotatable bonds is 3. The number of hydrogen-bond acceptors (Lipinski definition) is 4. The summed E-state index contributed by atoms with van der Waals surface area (Å²) in [6.45, 7) is 4.83. The number of anilines is 2. The van der Waals surface area contributed by atoms with Crippen LogP contribution in [0.5, 0.6) is 0 Å². The van der Waals surface area contributed by atoms with Crippen LogP contribution in [0.4, 0.5) is 11.4 Å². The molecular formula is C17H21ClN4O. The van der Waals surface area contributed by atoms with Crippen molar-refractivity contribution < 1.29 is 4.79 Å². The minimum absolute atomic E-state index is 0. The molecule has 2 N–H and O–H groups in total. The van der Waals surface area contributed by atoms with Gasteiger partial charge in [0.05, 0.1) is 17.0 Å². The zero-order chi connectivity index (χ0) is 15.5. The van der Waals surface area contributed by atoms with Gasteiger partial charge in [-0.15, -0.1) is 12.4 Å². The van der Waals surface area contributed by atoms with E-state index in [2.05, 4.69) is 20.8 Å². The molecule has 0 atom stereocenters. The van der Waals surface area contributed by atoms with Gasteiger partial charge in [-0.25, -0.2) is 0 Å². The van der Waals surface area contributed by atoms with Crippen LogP contribution in [0.25, 0.3) is 0 Å². The van der Waals surface area contributed by atoms with Crippen LogP contribution in [-0.4, -0.2) is 22.6 Å². The molecule has 0 unspecified atom stereocenters. The van der Waals surface area contributed by atoms with Crippen LogP contribution < -0.4 is 10.6 Å². The standard InChI is InChI=1S/C17H20N4O.ClH/c1-3-15-14(9-11(2)20-21-15)17(22)19-13-6-7-16-12(10-13)5-4-8-18-16;/h6-7,9-10,18H,3-5,8H2,1-2H3,(H,19,22);1H. The van der Waals surface area contributed by atoms with Gasteiger partial charge in [-0.05, 0) is 56.0 Å². The van der Waals surface area contributed by atoms with Gasteiger partial charge in [-0.1, -0.05) is 6.92 Å². The molecular weight excluding hydrogens is 312 g/mol. The van der Waals surface area contributed by atoms with Crippen molar-refractivity contribution in [3.63, 3.8) is 0 Å². The molecule has 122 valence electrons. The number of hydrogen-bond donors (Lipinski definition) is 2. The summed E-state index contributed by atoms with van der Waals surface area (Å²) in [4.78, 5) is 12.5. The van der Waals surface area contributed by atoms with E-state index in [1.54, 1.807) is 6.07 Å². The first kappa shape index (κ1) is 17.2. The Morgan fingerprint density at radius 1 is 1.30 bits per heavy atom. The van der Waals surface area contributed by atoms with Crippen molar-refractivity contribution in [3.05, 3.63) is 46.8 Å². The Hall–Kier alpha value is -2.14. The Balaban J connectivity index is 0.00000192. The Kier molecular flexibility index (Phi) is 5.55. The number of nitrogens with zero attached hydrogens (tertiary/aromatic N) is 2. The third-order valence-corrected chi connectivity index (χ3v) is 3.87. The molecule has 0 radical (unpaired) electrons. The molecule has 0 saturated heterocycles. The first-order chi connectivity index (χ1) is 10.7. The van der Waals surface area contributed by atoms with E-state index in [4.69, 9.17) is 0 Å². The van der Waals surface area contributed by atoms with Gasteiger partial charge in [-0.3, -0.25) is 4.79 Å². The van der Waals surface area contributed by atoms with E-state index in [9.17, 15) is 4.79 Å². The third-order valence-electron chi connectivity index (χ3n) is 3.87. The summed E-state index contributed by atoms with van der Waals surface area (Å²) < 4.78 is 0. The van der Waals surface area contributed by atoms with Gasteiger partial charge in [0.1, 0.15) is 0 Å². The lowest BCUT2D eigenvalue weighted by Gasteiger charge is -2.19. The normalized spacial score (nSPS) is 12.6. The van der Waals surface area contributed by atoms with E-state index in [1.807, 2.05) is 32.0 Å². The molecule has 23 heavy (non-hydrogen) atoms. The molecule has 1 aromatic heterocycles. The van der Waals surface area contributed by atoms with Crippen LogP contribution in [0.15, 0.2) is 24.3 Å². The summed E-state index contributed by atoms with van der Waals surface area (Å²) in [5, 5.41) is 14.5. The summed E-state index contributed by atoms with van der Waals surface area (Å²) in [5.74, 6) is -0.126. The van der Waals surface area contributed by atoms with Crippen molar-refractivity contribution in [2.24, 2.45) is 0 Å². The summed E-state index contributed by atoms with van der Waals surface area (Å²) in [7, 11) is 0. The molecule has 5 nitrogen and oxygen atoms in total. The molecule has 0 bridgehead atoms. The maximum atomic E-state index is 12.5. The Labute approximate surface area is 142 Å². The number of carbonyl (C=O) groups excluding carboxylic acids is 1. The number of amides is 1. The van der Waals surface area contributed by atoms with Crippen molar-refractivity contribution in [1.29, 1.82) is 0 Å². The molecule has 0 aliphatic carbocycles. The number of halogens is 1. The van der Waals surface area contributed by atoms with E-state index in [-0.39, 0.29) is 18.3 Å². The van der Waals surface area contributed by atoms with Crippen LogP contribution in [0.3, 0.4) is 0 Å². The van der Waals surface area contributed by atoms with E-state index in [1.165, 1.54) is 11.3 Å². The molecule has 2 aromatic rings. The predicted molar refractivity (Wildman–Crippen MR) is 94.6 cm³/mol.